The van der Waals surface area contributed by atoms with E-state index < -0.39 is 12.6 Å². The summed E-state index contributed by atoms with van der Waals surface area (Å²) in [6.45, 7) is 5.03. The van der Waals surface area contributed by atoms with Crippen molar-refractivity contribution in [3.63, 3.8) is 0 Å². The van der Waals surface area contributed by atoms with Crippen LogP contribution in [-0.4, -0.2) is 92.5 Å². The van der Waals surface area contributed by atoms with Crippen LogP contribution in [0.2, 0.25) is 0 Å². The number of piperazine rings is 1. The molecule has 0 bridgehead atoms. The summed E-state index contributed by atoms with van der Waals surface area (Å²) in [5.41, 5.74) is 2.66. The predicted octanol–water partition coefficient (Wildman–Crippen LogP) is 1.39. The van der Waals surface area contributed by atoms with E-state index in [4.69, 9.17) is 5.11 Å². The highest BCUT2D eigenvalue weighted by Gasteiger charge is 2.29. The van der Waals surface area contributed by atoms with Crippen LogP contribution in [0, 0.1) is 6.92 Å². The van der Waals surface area contributed by atoms with E-state index in [0.29, 0.717) is 30.9 Å². The van der Waals surface area contributed by atoms with Crippen LogP contribution >= 0.6 is 0 Å². The summed E-state index contributed by atoms with van der Waals surface area (Å²) in [6, 6.07) is 6.21. The highest BCUT2D eigenvalue weighted by atomic mass is 16.3. The molecule has 3 aromatic rings. The first-order valence-electron chi connectivity index (χ1n) is 11.1. The molecule has 2 aromatic heterocycles. The molecule has 0 spiro atoms. The minimum absolute atomic E-state index is 0.0225. The van der Waals surface area contributed by atoms with Gasteiger partial charge in [-0.25, -0.2) is 14.8 Å². The summed E-state index contributed by atoms with van der Waals surface area (Å²) < 4.78 is 0. The Hall–Kier alpha value is -3.70. The van der Waals surface area contributed by atoms with E-state index in [-0.39, 0.29) is 25.2 Å². The van der Waals surface area contributed by atoms with E-state index in [2.05, 4.69) is 25.2 Å². The van der Waals surface area contributed by atoms with Gasteiger partial charge < -0.3 is 35.2 Å². The molecule has 34 heavy (non-hydrogen) atoms. The lowest BCUT2D eigenvalue weighted by Crippen LogP contribution is -2.55. The lowest BCUT2D eigenvalue weighted by Gasteiger charge is -2.40. The number of amides is 3. The highest BCUT2D eigenvalue weighted by Crippen LogP contribution is 2.27. The molecule has 1 atom stereocenters. The van der Waals surface area contributed by atoms with E-state index in [9.17, 15) is 14.7 Å². The largest absolute Gasteiger partial charge is 0.395 e. The number of anilines is 2. The van der Waals surface area contributed by atoms with Gasteiger partial charge in [0.25, 0.3) is 5.91 Å². The first-order chi connectivity index (χ1) is 16.4. The molecule has 4 N–H and O–H groups in total. The topological polar surface area (TPSA) is 138 Å². The number of benzene rings is 1. The third kappa shape index (κ3) is 4.66. The van der Waals surface area contributed by atoms with Crippen LogP contribution in [0.25, 0.3) is 11.0 Å². The molecule has 11 nitrogen and oxygen atoms in total. The van der Waals surface area contributed by atoms with Gasteiger partial charge in [0.2, 0.25) is 0 Å². The first-order valence-corrected chi connectivity index (χ1v) is 11.1. The summed E-state index contributed by atoms with van der Waals surface area (Å²) in [4.78, 5) is 42.6. The number of hydrogen-bond donors (Lipinski definition) is 4. The van der Waals surface area contributed by atoms with Crippen molar-refractivity contribution in [3.05, 3.63) is 47.9 Å². The second-order valence-corrected chi connectivity index (χ2v) is 8.33. The van der Waals surface area contributed by atoms with Gasteiger partial charge in [0, 0.05) is 49.7 Å². The molecular formula is C23H29N7O4. The molecule has 3 amide bonds. The maximum Gasteiger partial charge on any atom is 0.322 e. The molecule has 1 aliphatic heterocycles. The van der Waals surface area contributed by atoms with Crippen LogP contribution in [0.15, 0.2) is 36.8 Å². The molecule has 0 saturated carbocycles. The Morgan fingerprint density at radius 2 is 2.09 bits per heavy atom. The summed E-state index contributed by atoms with van der Waals surface area (Å²) in [6.07, 6.45) is 3.46. The second kappa shape index (κ2) is 10.1. The molecule has 1 aliphatic rings. The minimum Gasteiger partial charge on any atom is -0.395 e. The number of aromatic amines is 1. The molecular weight excluding hydrogens is 438 g/mol. The van der Waals surface area contributed by atoms with Gasteiger partial charge in [0.05, 0.1) is 12.0 Å². The molecule has 11 heteroatoms. The lowest BCUT2D eigenvalue weighted by molar-refractivity contribution is 0.0500. The third-order valence-electron chi connectivity index (χ3n) is 6.02. The van der Waals surface area contributed by atoms with Crippen molar-refractivity contribution in [2.45, 2.75) is 19.9 Å². The SMILES string of the molecule is Cc1c[nH]c2ncnc(N3CCN(C(=O)Nc4cccc(C(=O)N(CO)CCO)c4)[C@@H](C)C3)c12. The fourth-order valence-corrected chi connectivity index (χ4v) is 4.25. The average Bonchev–Trinajstić information content (AvgIpc) is 3.23. The monoisotopic (exact) mass is 467 g/mol. The zero-order chi connectivity index (χ0) is 24.2. The number of nitrogens with zero attached hydrogens (tertiary/aromatic N) is 5. The van der Waals surface area contributed by atoms with Crippen molar-refractivity contribution in [2.75, 3.05) is 49.7 Å². The van der Waals surface area contributed by atoms with Gasteiger partial charge in [-0.15, -0.1) is 0 Å². The number of aromatic nitrogens is 3. The van der Waals surface area contributed by atoms with Crippen LogP contribution in [0.4, 0.5) is 16.3 Å². The fraction of sp³-hybridized carbons (Fsp3) is 0.391. The van der Waals surface area contributed by atoms with Crippen molar-refractivity contribution < 1.29 is 19.8 Å². The molecule has 4 rings (SSSR count). The standard InChI is InChI=1S/C23H29N7O4/c1-15-11-24-20-19(15)21(26-13-25-20)28-6-7-30(16(2)12-28)23(34)27-18-5-3-4-17(10-18)22(33)29(14-32)8-9-31/h3-5,10-11,13,16,31-32H,6-9,12,14H2,1-2H3,(H,27,34)(H,24,25,26)/t16-/m0/s1. The summed E-state index contributed by atoms with van der Waals surface area (Å²) in [5.74, 6) is 0.434. The molecule has 0 radical (unpaired) electrons. The Bertz CT molecular complexity index is 1180. The number of hydrogen-bond acceptors (Lipinski definition) is 7. The minimum atomic E-state index is -0.501. The quantitative estimate of drug-likeness (QED) is 0.402. The van der Waals surface area contributed by atoms with Crippen molar-refractivity contribution in [2.24, 2.45) is 0 Å². The van der Waals surface area contributed by atoms with Gasteiger partial charge in [0.1, 0.15) is 24.5 Å². The maximum absolute atomic E-state index is 13.0. The molecule has 0 aliphatic carbocycles. The van der Waals surface area contributed by atoms with E-state index in [1.165, 1.54) is 0 Å². The second-order valence-electron chi connectivity index (χ2n) is 8.33. The number of fused-ring (bicyclic) bond motifs is 1. The summed E-state index contributed by atoms with van der Waals surface area (Å²) in [7, 11) is 0. The van der Waals surface area contributed by atoms with Crippen LogP contribution in [0.5, 0.6) is 0 Å². The number of urea groups is 1. The predicted molar refractivity (Wildman–Crippen MR) is 128 cm³/mol. The molecule has 0 unspecified atom stereocenters. The Kier molecular flexibility index (Phi) is 6.94. The third-order valence-corrected chi connectivity index (χ3v) is 6.02. The Labute approximate surface area is 197 Å². The maximum atomic E-state index is 13.0. The Balaban J connectivity index is 1.43. The first kappa shape index (κ1) is 23.5. The van der Waals surface area contributed by atoms with E-state index in [0.717, 1.165) is 27.3 Å². The molecule has 1 saturated heterocycles. The van der Waals surface area contributed by atoms with Crippen molar-refractivity contribution in [1.29, 1.82) is 0 Å². The zero-order valence-corrected chi connectivity index (χ0v) is 19.2. The van der Waals surface area contributed by atoms with Gasteiger partial charge in [-0.2, -0.15) is 0 Å². The average molecular weight is 468 g/mol. The van der Waals surface area contributed by atoms with Gasteiger partial charge in [-0.3, -0.25) is 4.79 Å². The normalized spacial score (nSPS) is 16.1. The van der Waals surface area contributed by atoms with Gasteiger partial charge in [-0.05, 0) is 37.6 Å². The van der Waals surface area contributed by atoms with E-state index in [1.54, 1.807) is 35.5 Å². The Morgan fingerprint density at radius 3 is 2.82 bits per heavy atom. The smallest absolute Gasteiger partial charge is 0.322 e. The number of carbonyl (C=O) groups is 2. The number of rotatable bonds is 6. The number of nitrogens with one attached hydrogen (secondary N) is 2. The van der Waals surface area contributed by atoms with Crippen LogP contribution < -0.4 is 10.2 Å². The van der Waals surface area contributed by atoms with E-state index >= 15 is 0 Å². The van der Waals surface area contributed by atoms with Crippen molar-refractivity contribution in [1.82, 2.24) is 24.8 Å². The lowest BCUT2D eigenvalue weighted by atomic mass is 10.1. The van der Waals surface area contributed by atoms with Crippen LogP contribution in [-0.2, 0) is 0 Å². The van der Waals surface area contributed by atoms with Crippen molar-refractivity contribution >= 4 is 34.5 Å². The number of carbonyl (C=O) groups excluding carboxylic acids is 2. The van der Waals surface area contributed by atoms with Gasteiger partial charge in [0.15, 0.2) is 0 Å². The number of H-pyrrole nitrogens is 1. The number of aryl methyl sites for hydroxylation is 1. The number of aliphatic hydroxyl groups excluding tert-OH is 2. The summed E-state index contributed by atoms with van der Waals surface area (Å²) in [5, 5.41) is 22.3. The van der Waals surface area contributed by atoms with Crippen molar-refractivity contribution in [3.8, 4) is 0 Å². The Morgan fingerprint density at radius 1 is 1.26 bits per heavy atom. The molecule has 1 fully saturated rings. The fourth-order valence-electron chi connectivity index (χ4n) is 4.25. The van der Waals surface area contributed by atoms with Crippen LogP contribution in [0.1, 0.15) is 22.8 Å². The number of aliphatic hydroxyl groups is 2. The van der Waals surface area contributed by atoms with Gasteiger partial charge >= 0.3 is 6.03 Å². The van der Waals surface area contributed by atoms with Gasteiger partial charge in [-0.1, -0.05) is 6.07 Å². The summed E-state index contributed by atoms with van der Waals surface area (Å²) >= 11 is 0. The molecule has 3 heterocycles. The highest BCUT2D eigenvalue weighted by molar-refractivity contribution is 5.97. The van der Waals surface area contributed by atoms with E-state index in [1.807, 2.05) is 20.0 Å². The molecule has 1 aromatic carbocycles. The van der Waals surface area contributed by atoms with Crippen LogP contribution in [0.3, 0.4) is 0 Å². The molecule has 180 valence electrons. The zero-order valence-electron chi connectivity index (χ0n) is 19.2.